The van der Waals surface area contributed by atoms with Crippen LogP contribution in [0.15, 0.2) is 0 Å². The van der Waals surface area contributed by atoms with E-state index in [-0.39, 0.29) is 54.6 Å². The summed E-state index contributed by atoms with van der Waals surface area (Å²) in [6.07, 6.45) is 30.5. The molecule has 0 radical (unpaired) electrons. The van der Waals surface area contributed by atoms with Gasteiger partial charge < -0.3 is 29.5 Å². The second kappa shape index (κ2) is 16.1. The van der Waals surface area contributed by atoms with Crippen molar-refractivity contribution in [2.24, 2.45) is 59.2 Å². The van der Waals surface area contributed by atoms with Crippen molar-refractivity contribution in [3.05, 3.63) is 0 Å². The zero-order valence-electron chi connectivity index (χ0n) is 31.9. The van der Waals surface area contributed by atoms with Crippen molar-refractivity contribution in [3.63, 3.8) is 0 Å². The molecule has 290 valence electrons. The Labute approximate surface area is 309 Å². The predicted octanol–water partition coefficient (Wildman–Crippen LogP) is 8.76. The monoisotopic (exact) mass is 711 g/mol. The second-order valence-electron chi connectivity index (χ2n) is 20.0. The van der Waals surface area contributed by atoms with Gasteiger partial charge in [0.05, 0.1) is 54.9 Å². The van der Waals surface area contributed by atoms with Crippen molar-refractivity contribution < 1.29 is 29.5 Å². The molecule has 6 nitrogen and oxygen atoms in total. The molecule has 3 aliphatic heterocycles. The van der Waals surface area contributed by atoms with Gasteiger partial charge in [-0.25, -0.2) is 0 Å². The average molecular weight is 711 g/mol. The Hall–Kier alpha value is -0.240. The van der Waals surface area contributed by atoms with Gasteiger partial charge in [-0.15, -0.1) is 0 Å². The maximum atomic E-state index is 12.8. The molecule has 16 unspecified atom stereocenters. The molecule has 16 atom stereocenters. The van der Waals surface area contributed by atoms with Gasteiger partial charge in [-0.05, 0) is 143 Å². The van der Waals surface area contributed by atoms with E-state index < -0.39 is 12.2 Å². The van der Waals surface area contributed by atoms with E-state index in [1.54, 1.807) is 0 Å². The number of aliphatic hydroxyl groups excluding tert-OH is 3. The Kier molecular flexibility index (Phi) is 11.5. The van der Waals surface area contributed by atoms with Crippen LogP contribution in [0, 0.1) is 59.2 Å². The van der Waals surface area contributed by atoms with Crippen molar-refractivity contribution in [1.82, 2.24) is 0 Å². The number of aliphatic hydroxyl groups is 3. The van der Waals surface area contributed by atoms with Gasteiger partial charge in [0.2, 0.25) is 0 Å². The SMILES string of the molecule is OC1CC2CCCC(C3C(O)C(C4CCCCC4)OC4C(C5C(O)C(C6CCCCC6)OC6CCCCC65)CCCC43)C2OC1C1CCCCC1. The van der Waals surface area contributed by atoms with Gasteiger partial charge in [0.25, 0.3) is 0 Å². The first-order chi connectivity index (χ1) is 25.1. The van der Waals surface area contributed by atoms with Crippen LogP contribution in [-0.4, -0.2) is 70.3 Å². The summed E-state index contributed by atoms with van der Waals surface area (Å²) >= 11 is 0. The smallest absolute Gasteiger partial charge is 0.0868 e. The Morgan fingerprint density at radius 2 is 0.725 bits per heavy atom. The van der Waals surface area contributed by atoms with Gasteiger partial charge in [0.1, 0.15) is 0 Å². The summed E-state index contributed by atoms with van der Waals surface area (Å²) in [5.74, 6) is 3.63. The third-order valence-corrected chi connectivity index (χ3v) is 17.3. The van der Waals surface area contributed by atoms with Crippen LogP contribution >= 0.6 is 0 Å². The molecule has 3 heterocycles. The first kappa shape index (κ1) is 36.4. The van der Waals surface area contributed by atoms with Crippen LogP contribution in [0.3, 0.4) is 0 Å². The molecule has 9 rings (SSSR count). The van der Waals surface area contributed by atoms with Gasteiger partial charge in [0, 0.05) is 0 Å². The zero-order valence-corrected chi connectivity index (χ0v) is 31.9. The van der Waals surface area contributed by atoms with E-state index in [1.807, 2.05) is 0 Å². The van der Waals surface area contributed by atoms with Crippen LogP contribution in [-0.2, 0) is 14.2 Å². The molecule has 0 aromatic rings. The molecule has 9 fully saturated rings. The molecule has 9 aliphatic rings. The highest BCUT2D eigenvalue weighted by molar-refractivity contribution is 5.08. The summed E-state index contributed by atoms with van der Waals surface area (Å²) in [5.41, 5.74) is 0. The molecular formula is C45H74O6. The normalized spacial score (nSPS) is 50.9. The van der Waals surface area contributed by atoms with Gasteiger partial charge in [0.15, 0.2) is 0 Å². The number of ether oxygens (including phenoxy) is 3. The third kappa shape index (κ3) is 7.06. The fraction of sp³-hybridized carbons (Fsp3) is 1.00. The van der Waals surface area contributed by atoms with Gasteiger partial charge in [-0.2, -0.15) is 0 Å². The average Bonchev–Trinajstić information content (AvgIpc) is 3.18. The van der Waals surface area contributed by atoms with E-state index in [2.05, 4.69) is 0 Å². The molecule has 3 N–H and O–H groups in total. The fourth-order valence-electron chi connectivity index (χ4n) is 15.1. The third-order valence-electron chi connectivity index (χ3n) is 17.3. The Morgan fingerprint density at radius 3 is 1.33 bits per heavy atom. The van der Waals surface area contributed by atoms with E-state index in [9.17, 15) is 15.3 Å². The summed E-state index contributed by atoms with van der Waals surface area (Å²) in [4.78, 5) is 0. The quantitative estimate of drug-likeness (QED) is 0.265. The minimum Gasteiger partial charge on any atom is -0.390 e. The lowest BCUT2D eigenvalue weighted by Gasteiger charge is -2.60. The molecule has 51 heavy (non-hydrogen) atoms. The van der Waals surface area contributed by atoms with Crippen molar-refractivity contribution in [2.45, 2.75) is 222 Å². The van der Waals surface area contributed by atoms with E-state index in [1.165, 1.54) is 128 Å². The van der Waals surface area contributed by atoms with Gasteiger partial charge in [-0.1, -0.05) is 83.5 Å². The molecule has 0 aromatic heterocycles. The van der Waals surface area contributed by atoms with Crippen LogP contribution in [0.4, 0.5) is 0 Å². The summed E-state index contributed by atoms with van der Waals surface area (Å²) < 4.78 is 21.8. The van der Waals surface area contributed by atoms with Crippen molar-refractivity contribution >= 4 is 0 Å². The van der Waals surface area contributed by atoms with Crippen molar-refractivity contribution in [2.75, 3.05) is 0 Å². The van der Waals surface area contributed by atoms with Crippen molar-refractivity contribution in [1.29, 1.82) is 0 Å². The maximum Gasteiger partial charge on any atom is 0.0868 e. The zero-order chi connectivity index (χ0) is 34.5. The first-order valence-corrected chi connectivity index (χ1v) is 23.1. The standard InChI is InChI=1S/C45H74O6/c46-35-26-30-20-12-22-32(41(30)50-42(35)27-14-4-1-5-15-27)38-34-24-13-23-33(45(34)51-44(40(38)48)29-18-8-3-9-19-29)37-31-21-10-11-25-36(31)49-43(39(37)47)28-16-6-2-7-17-28/h27-48H,1-26H2. The molecule has 3 saturated heterocycles. The predicted molar refractivity (Wildman–Crippen MR) is 199 cm³/mol. The first-order valence-electron chi connectivity index (χ1n) is 23.1. The van der Waals surface area contributed by atoms with Crippen LogP contribution < -0.4 is 0 Å². The van der Waals surface area contributed by atoms with Crippen LogP contribution in [0.5, 0.6) is 0 Å². The van der Waals surface area contributed by atoms with E-state index in [0.29, 0.717) is 47.3 Å². The van der Waals surface area contributed by atoms with E-state index in [0.717, 1.165) is 38.5 Å². The number of fused-ring (bicyclic) bond motifs is 3. The molecule has 0 aromatic carbocycles. The van der Waals surface area contributed by atoms with Gasteiger partial charge in [-0.3, -0.25) is 0 Å². The Balaban J connectivity index is 1.04. The van der Waals surface area contributed by atoms with Crippen LogP contribution in [0.2, 0.25) is 0 Å². The highest BCUT2D eigenvalue weighted by Crippen LogP contribution is 2.57. The van der Waals surface area contributed by atoms with Crippen LogP contribution in [0.25, 0.3) is 0 Å². The minimum absolute atomic E-state index is 0.0213. The molecule has 0 spiro atoms. The van der Waals surface area contributed by atoms with Gasteiger partial charge >= 0.3 is 0 Å². The molecular weight excluding hydrogens is 636 g/mol. The fourth-order valence-corrected chi connectivity index (χ4v) is 15.1. The second-order valence-corrected chi connectivity index (χ2v) is 20.0. The topological polar surface area (TPSA) is 88.4 Å². The summed E-state index contributed by atoms with van der Waals surface area (Å²) in [6.45, 7) is 0. The number of rotatable bonds is 5. The summed E-state index contributed by atoms with van der Waals surface area (Å²) in [7, 11) is 0. The maximum absolute atomic E-state index is 12.8. The lowest BCUT2D eigenvalue weighted by atomic mass is 9.54. The summed E-state index contributed by atoms with van der Waals surface area (Å²) in [5, 5.41) is 36.9. The molecule has 6 heteroatoms. The van der Waals surface area contributed by atoms with Crippen molar-refractivity contribution in [3.8, 4) is 0 Å². The number of hydrogen-bond donors (Lipinski definition) is 3. The van der Waals surface area contributed by atoms with Crippen LogP contribution in [0.1, 0.15) is 167 Å². The Morgan fingerprint density at radius 1 is 0.314 bits per heavy atom. The van der Waals surface area contributed by atoms with E-state index in [4.69, 9.17) is 14.2 Å². The highest BCUT2D eigenvalue weighted by atomic mass is 16.5. The lowest BCUT2D eigenvalue weighted by molar-refractivity contribution is -0.277. The van der Waals surface area contributed by atoms with E-state index >= 15 is 0 Å². The molecule has 6 saturated carbocycles. The molecule has 0 bridgehead atoms. The minimum atomic E-state index is -0.447. The highest BCUT2D eigenvalue weighted by Gasteiger charge is 2.60. The largest absolute Gasteiger partial charge is 0.390 e. The molecule has 6 aliphatic carbocycles. The number of hydrogen-bond acceptors (Lipinski definition) is 6. The summed E-state index contributed by atoms with van der Waals surface area (Å²) in [6, 6.07) is 0. The Bertz CT molecular complexity index is 1110. The lowest BCUT2D eigenvalue weighted by Crippen LogP contribution is -2.65. The molecule has 0 amide bonds.